The maximum absolute atomic E-state index is 14.0. The van der Waals surface area contributed by atoms with Crippen LogP contribution in [0.4, 0.5) is 34.6 Å². The van der Waals surface area contributed by atoms with Crippen molar-refractivity contribution in [3.63, 3.8) is 0 Å². The van der Waals surface area contributed by atoms with Crippen LogP contribution in [0.2, 0.25) is 0 Å². The molecule has 0 saturated carbocycles. The molecule has 0 unspecified atom stereocenters. The van der Waals surface area contributed by atoms with Crippen LogP contribution in [0.5, 0.6) is 0 Å². The highest BCUT2D eigenvalue weighted by Crippen LogP contribution is 2.33. The quantitative estimate of drug-likeness (QED) is 0.372. The number of hydrogen-bond donors (Lipinski definition) is 2. The second-order valence-corrected chi connectivity index (χ2v) is 4.51. The molecule has 114 valence electrons. The van der Waals surface area contributed by atoms with Crippen molar-refractivity contribution in [3.05, 3.63) is 53.1 Å². The molecule has 2 aromatic carbocycles. The van der Waals surface area contributed by atoms with Gasteiger partial charge in [0, 0.05) is 12.1 Å². The minimum Gasteiger partial charge on any atom is -0.349 e. The average molecular weight is 308 g/mol. The predicted octanol–water partition coefficient (Wildman–Crippen LogP) is 4.69. The van der Waals surface area contributed by atoms with Gasteiger partial charge in [-0.1, -0.05) is 12.0 Å². The number of aryl methyl sites for hydroxylation is 1. The van der Waals surface area contributed by atoms with Crippen molar-refractivity contribution in [2.24, 2.45) is 0 Å². The van der Waals surface area contributed by atoms with Gasteiger partial charge in [0.1, 0.15) is 17.2 Å². The summed E-state index contributed by atoms with van der Waals surface area (Å²) in [6.07, 6.45) is 0. The summed E-state index contributed by atoms with van der Waals surface area (Å²) in [7, 11) is 0. The van der Waals surface area contributed by atoms with Gasteiger partial charge in [0.25, 0.3) is 0 Å². The van der Waals surface area contributed by atoms with E-state index in [0.717, 1.165) is 0 Å². The lowest BCUT2D eigenvalue weighted by Gasteiger charge is -2.14. The van der Waals surface area contributed by atoms with Gasteiger partial charge in [0.15, 0.2) is 17.5 Å². The fourth-order valence-corrected chi connectivity index (χ4v) is 1.82. The minimum absolute atomic E-state index is 0.109. The van der Waals surface area contributed by atoms with Crippen LogP contribution in [0.15, 0.2) is 24.3 Å². The van der Waals surface area contributed by atoms with Crippen LogP contribution >= 0.6 is 0 Å². The Labute approximate surface area is 125 Å². The molecule has 0 fully saturated rings. The van der Waals surface area contributed by atoms with Crippen molar-refractivity contribution in [1.29, 1.82) is 0 Å². The van der Waals surface area contributed by atoms with Crippen molar-refractivity contribution in [2.45, 2.75) is 13.8 Å². The number of halogens is 4. The smallest absolute Gasteiger partial charge is 0.184 e. The van der Waals surface area contributed by atoms with Crippen molar-refractivity contribution in [3.8, 4) is 12.0 Å². The SMILES string of the molecule is CC#CNc1c(F)cc(F)c(F)c1Nc1ccc(C)cc1F. The Morgan fingerprint density at radius 1 is 0.909 bits per heavy atom. The Balaban J connectivity index is 2.54. The molecule has 0 amide bonds. The standard InChI is InChI=1S/C16H12F4N2/c1-3-6-21-15-12(19)8-11(18)14(20)16(15)22-13-5-4-9(2)7-10(13)17/h4-5,7-8,21-22H,1-2H3. The van der Waals surface area contributed by atoms with Crippen LogP contribution in [0.1, 0.15) is 12.5 Å². The van der Waals surface area contributed by atoms with Crippen LogP contribution < -0.4 is 10.6 Å². The monoisotopic (exact) mass is 308 g/mol. The molecular weight excluding hydrogens is 296 g/mol. The van der Waals surface area contributed by atoms with Gasteiger partial charge < -0.3 is 10.6 Å². The minimum atomic E-state index is -1.39. The van der Waals surface area contributed by atoms with E-state index in [-0.39, 0.29) is 5.69 Å². The van der Waals surface area contributed by atoms with E-state index in [4.69, 9.17) is 0 Å². The third-order valence-electron chi connectivity index (χ3n) is 2.87. The van der Waals surface area contributed by atoms with E-state index in [1.807, 2.05) is 0 Å². The number of nitrogens with one attached hydrogen (secondary N) is 2. The lowest BCUT2D eigenvalue weighted by molar-refractivity contribution is 0.499. The molecule has 0 aromatic heterocycles. The number of rotatable bonds is 3. The van der Waals surface area contributed by atoms with Gasteiger partial charge in [-0.2, -0.15) is 0 Å². The van der Waals surface area contributed by atoms with E-state index >= 15 is 0 Å². The lowest BCUT2D eigenvalue weighted by atomic mass is 10.2. The zero-order chi connectivity index (χ0) is 16.3. The van der Waals surface area contributed by atoms with Crippen LogP contribution in [0.25, 0.3) is 0 Å². The molecule has 0 aliphatic carbocycles. The van der Waals surface area contributed by atoms with Crippen molar-refractivity contribution >= 4 is 17.1 Å². The molecule has 0 aliphatic rings. The molecule has 0 heterocycles. The van der Waals surface area contributed by atoms with Gasteiger partial charge in [-0.3, -0.25) is 0 Å². The maximum Gasteiger partial charge on any atom is 0.184 e. The van der Waals surface area contributed by atoms with E-state index in [1.165, 1.54) is 19.1 Å². The zero-order valence-electron chi connectivity index (χ0n) is 11.8. The van der Waals surface area contributed by atoms with Crippen LogP contribution in [0, 0.1) is 42.2 Å². The topological polar surface area (TPSA) is 24.1 Å². The Bertz CT molecular complexity index is 776. The molecule has 2 N–H and O–H groups in total. The fourth-order valence-electron chi connectivity index (χ4n) is 1.82. The van der Waals surface area contributed by atoms with Gasteiger partial charge >= 0.3 is 0 Å². The highest BCUT2D eigenvalue weighted by atomic mass is 19.2. The first-order valence-electron chi connectivity index (χ1n) is 6.32. The summed E-state index contributed by atoms with van der Waals surface area (Å²) < 4.78 is 55.0. The molecule has 2 aromatic rings. The first-order chi connectivity index (χ1) is 10.4. The van der Waals surface area contributed by atoms with Gasteiger partial charge in [-0.15, -0.1) is 0 Å². The molecule has 0 aliphatic heterocycles. The van der Waals surface area contributed by atoms with E-state index in [0.29, 0.717) is 11.6 Å². The Kier molecular flexibility index (Phi) is 4.56. The maximum atomic E-state index is 14.0. The summed E-state index contributed by atoms with van der Waals surface area (Å²) in [5, 5.41) is 4.69. The molecule has 0 spiro atoms. The lowest BCUT2D eigenvalue weighted by Crippen LogP contribution is -2.05. The largest absolute Gasteiger partial charge is 0.349 e. The van der Waals surface area contributed by atoms with Crippen molar-refractivity contribution < 1.29 is 17.6 Å². The summed E-state index contributed by atoms with van der Waals surface area (Å²) in [5.74, 6) is -1.99. The predicted molar refractivity (Wildman–Crippen MR) is 77.8 cm³/mol. The molecule has 22 heavy (non-hydrogen) atoms. The fraction of sp³-hybridized carbons (Fsp3) is 0.125. The van der Waals surface area contributed by atoms with Crippen molar-refractivity contribution in [2.75, 3.05) is 10.6 Å². The second kappa shape index (κ2) is 6.39. The third-order valence-corrected chi connectivity index (χ3v) is 2.87. The van der Waals surface area contributed by atoms with Crippen LogP contribution in [-0.2, 0) is 0 Å². The Morgan fingerprint density at radius 2 is 1.64 bits per heavy atom. The number of benzene rings is 2. The van der Waals surface area contributed by atoms with Gasteiger partial charge in [-0.25, -0.2) is 17.6 Å². The summed E-state index contributed by atoms with van der Waals surface area (Å²) in [6.45, 7) is 3.16. The zero-order valence-corrected chi connectivity index (χ0v) is 11.8. The number of anilines is 3. The summed E-state index contributed by atoms with van der Waals surface area (Å²) in [6, 6.07) is 6.88. The first kappa shape index (κ1) is 15.7. The molecule has 6 heteroatoms. The summed E-state index contributed by atoms with van der Waals surface area (Å²) >= 11 is 0. The molecule has 2 rings (SSSR count). The van der Waals surface area contributed by atoms with Crippen LogP contribution in [-0.4, -0.2) is 0 Å². The summed E-state index contributed by atoms with van der Waals surface area (Å²) in [4.78, 5) is 0. The average Bonchev–Trinajstić information content (AvgIpc) is 2.46. The second-order valence-electron chi connectivity index (χ2n) is 4.51. The highest BCUT2D eigenvalue weighted by molar-refractivity contribution is 5.77. The van der Waals surface area contributed by atoms with Crippen LogP contribution in [0.3, 0.4) is 0 Å². The Hall–Kier alpha value is -2.68. The van der Waals surface area contributed by atoms with E-state index in [2.05, 4.69) is 22.6 Å². The first-order valence-corrected chi connectivity index (χ1v) is 6.32. The van der Waals surface area contributed by atoms with Crippen molar-refractivity contribution in [1.82, 2.24) is 0 Å². The highest BCUT2D eigenvalue weighted by Gasteiger charge is 2.19. The Morgan fingerprint density at radius 3 is 2.27 bits per heavy atom. The van der Waals surface area contributed by atoms with Gasteiger partial charge in [-0.05, 0) is 31.5 Å². The van der Waals surface area contributed by atoms with E-state index < -0.39 is 34.6 Å². The third kappa shape index (κ3) is 3.14. The molecule has 0 bridgehead atoms. The van der Waals surface area contributed by atoms with Gasteiger partial charge in [0.2, 0.25) is 0 Å². The normalized spacial score (nSPS) is 9.91. The van der Waals surface area contributed by atoms with E-state index in [1.54, 1.807) is 13.0 Å². The molecule has 0 atom stereocenters. The van der Waals surface area contributed by atoms with E-state index in [9.17, 15) is 17.6 Å². The molecule has 0 saturated heterocycles. The summed E-state index contributed by atoms with van der Waals surface area (Å²) in [5.41, 5.74) is -0.401. The number of hydrogen-bond acceptors (Lipinski definition) is 2. The molecular formula is C16H12F4N2. The molecule has 2 nitrogen and oxygen atoms in total. The van der Waals surface area contributed by atoms with Gasteiger partial charge in [0.05, 0.1) is 5.69 Å². The molecule has 0 radical (unpaired) electrons.